The summed E-state index contributed by atoms with van der Waals surface area (Å²) in [5.74, 6) is -0.451. The second-order valence-corrected chi connectivity index (χ2v) is 6.28. The number of aryl methyl sites for hydroxylation is 2. The molecule has 1 aromatic heterocycles. The van der Waals surface area contributed by atoms with Gasteiger partial charge in [-0.2, -0.15) is 0 Å². The van der Waals surface area contributed by atoms with Gasteiger partial charge in [-0.05, 0) is 31.0 Å². The number of amides is 1. The van der Waals surface area contributed by atoms with E-state index in [2.05, 4.69) is 17.2 Å². The van der Waals surface area contributed by atoms with Crippen molar-refractivity contribution in [2.45, 2.75) is 26.7 Å². The number of nitrogens with one attached hydrogen (secondary N) is 1. The van der Waals surface area contributed by atoms with Crippen LogP contribution in [0.3, 0.4) is 0 Å². The Hall–Kier alpha value is -2.41. The Morgan fingerprint density at radius 1 is 1.29 bits per heavy atom. The van der Waals surface area contributed by atoms with Gasteiger partial charge in [0.15, 0.2) is 0 Å². The van der Waals surface area contributed by atoms with E-state index in [0.29, 0.717) is 23.9 Å². The molecule has 128 valence electrons. The molecular weight excluding hydrogens is 328 g/mol. The smallest absolute Gasteiger partial charge is 0.347 e. The number of hydrogen-bond donors (Lipinski definition) is 2. The number of carboxylic acid groups (broad SMARTS) is 1. The zero-order valence-corrected chi connectivity index (χ0v) is 14.5. The van der Waals surface area contributed by atoms with E-state index < -0.39 is 5.97 Å². The maximum Gasteiger partial charge on any atom is 0.347 e. The Morgan fingerprint density at radius 2 is 2.00 bits per heavy atom. The topological polar surface area (TPSA) is 88.5 Å². The Bertz CT molecular complexity index is 710. The van der Waals surface area contributed by atoms with Crippen molar-refractivity contribution in [3.63, 3.8) is 0 Å². The van der Waals surface area contributed by atoms with Gasteiger partial charge in [0.2, 0.25) is 5.91 Å². The molecular formula is C17H20N2O4S. The van der Waals surface area contributed by atoms with Gasteiger partial charge in [0.05, 0.1) is 18.7 Å². The lowest BCUT2D eigenvalue weighted by Crippen LogP contribution is -2.29. The van der Waals surface area contributed by atoms with E-state index in [4.69, 9.17) is 9.84 Å². The summed E-state index contributed by atoms with van der Waals surface area (Å²) in [5, 5.41) is 12.2. The minimum Gasteiger partial charge on any atom is -0.492 e. The molecule has 7 heteroatoms. The van der Waals surface area contributed by atoms with Crippen LogP contribution in [0.1, 0.15) is 32.9 Å². The molecule has 2 N–H and O–H groups in total. The van der Waals surface area contributed by atoms with Crippen molar-refractivity contribution in [2.24, 2.45) is 0 Å². The van der Waals surface area contributed by atoms with Crippen molar-refractivity contribution in [3.8, 4) is 5.75 Å². The number of carbonyl (C=O) groups is 2. The Balaban J connectivity index is 1.73. The molecule has 24 heavy (non-hydrogen) atoms. The summed E-state index contributed by atoms with van der Waals surface area (Å²) >= 11 is 1.03. The molecule has 0 aliphatic rings. The van der Waals surface area contributed by atoms with Crippen molar-refractivity contribution >= 4 is 23.2 Å². The number of nitrogens with zero attached hydrogens (tertiary/aromatic N) is 1. The monoisotopic (exact) mass is 348 g/mol. The van der Waals surface area contributed by atoms with Crippen LogP contribution in [-0.4, -0.2) is 35.1 Å². The van der Waals surface area contributed by atoms with Crippen LogP contribution >= 0.6 is 11.3 Å². The number of aromatic nitrogens is 1. The number of rotatable bonds is 8. The van der Waals surface area contributed by atoms with E-state index in [0.717, 1.165) is 23.5 Å². The molecule has 0 saturated carbocycles. The van der Waals surface area contributed by atoms with Crippen molar-refractivity contribution in [2.75, 3.05) is 13.2 Å². The largest absolute Gasteiger partial charge is 0.492 e. The summed E-state index contributed by atoms with van der Waals surface area (Å²) in [7, 11) is 0. The van der Waals surface area contributed by atoms with E-state index in [9.17, 15) is 9.59 Å². The first kappa shape index (κ1) is 17.9. The highest BCUT2D eigenvalue weighted by Gasteiger charge is 2.15. The molecule has 0 atom stereocenters. The van der Waals surface area contributed by atoms with Crippen LogP contribution in [-0.2, 0) is 17.6 Å². The molecule has 0 aliphatic carbocycles. The van der Waals surface area contributed by atoms with E-state index >= 15 is 0 Å². The summed E-state index contributed by atoms with van der Waals surface area (Å²) in [6, 6.07) is 7.84. The van der Waals surface area contributed by atoms with Crippen molar-refractivity contribution < 1.29 is 19.4 Å². The van der Waals surface area contributed by atoms with Gasteiger partial charge >= 0.3 is 5.97 Å². The molecule has 1 heterocycles. The summed E-state index contributed by atoms with van der Waals surface area (Å²) in [5.41, 5.74) is 1.68. The van der Waals surface area contributed by atoms with Gasteiger partial charge in [-0.1, -0.05) is 19.1 Å². The molecule has 1 aromatic carbocycles. The fourth-order valence-corrected chi connectivity index (χ4v) is 3.01. The third-order valence-electron chi connectivity index (χ3n) is 3.37. The molecule has 0 fully saturated rings. The summed E-state index contributed by atoms with van der Waals surface area (Å²) in [4.78, 5) is 27.1. The predicted octanol–water partition coefficient (Wildman–Crippen LogP) is 2.45. The summed E-state index contributed by atoms with van der Waals surface area (Å²) < 4.78 is 5.56. The SMILES string of the molecule is CCc1ccc(OCCNC(=O)Cc2nc(C)c(C(=O)O)s2)cc1. The normalized spacial score (nSPS) is 10.4. The van der Waals surface area contributed by atoms with Crippen molar-refractivity contribution in [3.05, 3.63) is 45.4 Å². The molecule has 0 saturated heterocycles. The third-order valence-corrected chi connectivity index (χ3v) is 4.52. The van der Waals surface area contributed by atoms with Crippen LogP contribution in [0, 0.1) is 6.92 Å². The zero-order chi connectivity index (χ0) is 17.5. The van der Waals surface area contributed by atoms with Crippen LogP contribution in [0.15, 0.2) is 24.3 Å². The van der Waals surface area contributed by atoms with Crippen LogP contribution in [0.5, 0.6) is 5.75 Å². The zero-order valence-electron chi connectivity index (χ0n) is 13.7. The highest BCUT2D eigenvalue weighted by molar-refractivity contribution is 7.13. The van der Waals surface area contributed by atoms with Crippen LogP contribution < -0.4 is 10.1 Å². The number of thiazole rings is 1. The lowest BCUT2D eigenvalue weighted by molar-refractivity contribution is -0.120. The molecule has 0 spiro atoms. The maximum atomic E-state index is 11.9. The Morgan fingerprint density at radius 3 is 2.58 bits per heavy atom. The maximum absolute atomic E-state index is 11.9. The first-order valence-corrected chi connectivity index (χ1v) is 8.49. The predicted molar refractivity (Wildman–Crippen MR) is 91.8 cm³/mol. The molecule has 0 bridgehead atoms. The average Bonchev–Trinajstić information content (AvgIpc) is 2.92. The second-order valence-electron chi connectivity index (χ2n) is 5.20. The molecule has 0 aliphatic heterocycles. The highest BCUT2D eigenvalue weighted by Crippen LogP contribution is 2.18. The van der Waals surface area contributed by atoms with E-state index in [1.807, 2.05) is 24.3 Å². The molecule has 6 nitrogen and oxygen atoms in total. The molecule has 0 radical (unpaired) electrons. The molecule has 0 unspecified atom stereocenters. The van der Waals surface area contributed by atoms with Crippen molar-refractivity contribution in [1.29, 1.82) is 0 Å². The number of ether oxygens (including phenoxy) is 1. The number of hydrogen-bond acceptors (Lipinski definition) is 5. The van der Waals surface area contributed by atoms with Gasteiger partial charge in [-0.25, -0.2) is 9.78 Å². The van der Waals surface area contributed by atoms with Crippen LogP contribution in [0.2, 0.25) is 0 Å². The van der Waals surface area contributed by atoms with E-state index in [-0.39, 0.29) is 17.2 Å². The minimum atomic E-state index is -1.01. The van der Waals surface area contributed by atoms with Gasteiger partial charge < -0.3 is 15.2 Å². The summed E-state index contributed by atoms with van der Waals surface area (Å²) in [6.07, 6.45) is 1.06. The van der Waals surface area contributed by atoms with Gasteiger partial charge in [-0.15, -0.1) is 11.3 Å². The average molecular weight is 348 g/mol. The van der Waals surface area contributed by atoms with Gasteiger partial charge in [0.1, 0.15) is 22.2 Å². The third kappa shape index (κ3) is 5.06. The van der Waals surface area contributed by atoms with Gasteiger partial charge in [0, 0.05) is 0 Å². The lowest BCUT2D eigenvalue weighted by Gasteiger charge is -2.07. The number of carboxylic acids is 1. The second kappa shape index (κ2) is 8.44. The lowest BCUT2D eigenvalue weighted by atomic mass is 10.2. The number of carbonyl (C=O) groups excluding carboxylic acids is 1. The molecule has 2 rings (SSSR count). The summed E-state index contributed by atoms with van der Waals surface area (Å²) in [6.45, 7) is 4.47. The van der Waals surface area contributed by atoms with Crippen LogP contribution in [0.4, 0.5) is 0 Å². The van der Waals surface area contributed by atoms with E-state index in [1.54, 1.807) is 6.92 Å². The number of aromatic carboxylic acids is 1. The highest BCUT2D eigenvalue weighted by atomic mass is 32.1. The van der Waals surface area contributed by atoms with Gasteiger partial charge in [0.25, 0.3) is 0 Å². The number of benzene rings is 1. The van der Waals surface area contributed by atoms with Crippen molar-refractivity contribution in [1.82, 2.24) is 10.3 Å². The Kier molecular flexibility index (Phi) is 6.31. The minimum absolute atomic E-state index is 0.0734. The fourth-order valence-electron chi connectivity index (χ4n) is 2.11. The standard InChI is InChI=1S/C17H20N2O4S/c1-3-12-4-6-13(7-5-12)23-9-8-18-14(20)10-15-19-11(2)16(24-15)17(21)22/h4-7H,3,8-10H2,1-2H3,(H,18,20)(H,21,22). The molecule has 1 amide bonds. The first-order chi connectivity index (χ1) is 11.5. The Labute approximate surface area is 144 Å². The quantitative estimate of drug-likeness (QED) is 0.716. The van der Waals surface area contributed by atoms with Gasteiger partial charge in [-0.3, -0.25) is 4.79 Å². The fraction of sp³-hybridized carbons (Fsp3) is 0.353. The molecule has 2 aromatic rings. The van der Waals surface area contributed by atoms with Crippen LogP contribution in [0.25, 0.3) is 0 Å². The first-order valence-electron chi connectivity index (χ1n) is 7.67. The van der Waals surface area contributed by atoms with E-state index in [1.165, 1.54) is 5.56 Å².